The molecule has 0 bridgehead atoms. The van der Waals surface area contributed by atoms with Crippen LogP contribution in [0.25, 0.3) is 0 Å². The van der Waals surface area contributed by atoms with E-state index < -0.39 is 0 Å². The molecule has 20 heavy (non-hydrogen) atoms. The van der Waals surface area contributed by atoms with Crippen LogP contribution in [0.2, 0.25) is 0 Å². The smallest absolute Gasteiger partial charge is 0.189 e. The maximum atomic E-state index is 8.82. The first-order valence-electron chi connectivity index (χ1n) is 6.92. The molecular formula is C14H23N5O. The van der Waals surface area contributed by atoms with E-state index in [1.165, 1.54) is 12.8 Å². The summed E-state index contributed by atoms with van der Waals surface area (Å²) in [6, 6.07) is 4.54. The Labute approximate surface area is 119 Å². The fourth-order valence-electron chi connectivity index (χ4n) is 2.68. The number of nitrogens with zero attached hydrogens (tertiary/aromatic N) is 4. The van der Waals surface area contributed by atoms with Gasteiger partial charge in [-0.15, -0.1) is 0 Å². The summed E-state index contributed by atoms with van der Waals surface area (Å²) in [7, 11) is 4.27. The van der Waals surface area contributed by atoms with E-state index in [9.17, 15) is 0 Å². The Balaban J connectivity index is 2.01. The van der Waals surface area contributed by atoms with E-state index in [1.807, 2.05) is 12.1 Å². The Morgan fingerprint density at radius 1 is 1.50 bits per heavy atom. The Kier molecular flexibility index (Phi) is 4.92. The van der Waals surface area contributed by atoms with Crippen LogP contribution in [0.4, 0.5) is 0 Å². The Hall–Kier alpha value is -1.66. The van der Waals surface area contributed by atoms with Crippen LogP contribution in [0.3, 0.4) is 0 Å². The molecular weight excluding hydrogens is 254 g/mol. The van der Waals surface area contributed by atoms with Gasteiger partial charge in [-0.1, -0.05) is 11.2 Å². The highest BCUT2D eigenvalue weighted by atomic mass is 16.4. The Morgan fingerprint density at radius 3 is 2.80 bits per heavy atom. The number of hydrogen-bond acceptors (Lipinski definition) is 5. The van der Waals surface area contributed by atoms with Crippen LogP contribution >= 0.6 is 0 Å². The number of likely N-dealkylation sites (tertiary alicyclic amines) is 1. The van der Waals surface area contributed by atoms with Crippen molar-refractivity contribution in [3.63, 3.8) is 0 Å². The summed E-state index contributed by atoms with van der Waals surface area (Å²) < 4.78 is 0. The first kappa shape index (κ1) is 14.7. The first-order chi connectivity index (χ1) is 9.61. The van der Waals surface area contributed by atoms with Crippen LogP contribution in [0.1, 0.15) is 24.1 Å². The van der Waals surface area contributed by atoms with Crippen LogP contribution in [0.15, 0.2) is 23.5 Å². The molecule has 110 valence electrons. The van der Waals surface area contributed by atoms with Crippen molar-refractivity contribution in [2.75, 3.05) is 27.2 Å². The summed E-state index contributed by atoms with van der Waals surface area (Å²) in [4.78, 5) is 8.90. The first-order valence-corrected chi connectivity index (χ1v) is 6.92. The van der Waals surface area contributed by atoms with Crippen LogP contribution in [-0.2, 0) is 6.54 Å². The predicted octanol–water partition coefficient (Wildman–Crippen LogP) is 0.702. The van der Waals surface area contributed by atoms with E-state index in [2.05, 4.69) is 34.0 Å². The number of hydrogen-bond donors (Lipinski definition) is 2. The molecule has 0 unspecified atom stereocenters. The summed E-state index contributed by atoms with van der Waals surface area (Å²) in [6.07, 6.45) is 4.01. The van der Waals surface area contributed by atoms with Gasteiger partial charge in [0.05, 0.1) is 0 Å². The molecule has 0 aromatic carbocycles. The standard InChI is InChI=1S/C14H23N5O/c1-18(2)12-5-8-19(9-6-12)10-11-4-3-7-16-13(11)14(15)17-20/h3-4,7,12,20H,5-6,8-10H2,1-2H3,(H2,15,17). The summed E-state index contributed by atoms with van der Waals surface area (Å²) >= 11 is 0. The predicted molar refractivity (Wildman–Crippen MR) is 78.7 cm³/mol. The SMILES string of the molecule is CN(C)C1CCN(Cc2cccnc2C(N)=NO)CC1. The number of rotatable bonds is 4. The van der Waals surface area contributed by atoms with Crippen molar-refractivity contribution in [2.24, 2.45) is 10.9 Å². The number of nitrogens with two attached hydrogens (primary N) is 1. The number of oxime groups is 1. The molecule has 6 nitrogen and oxygen atoms in total. The molecule has 1 saturated heterocycles. The van der Waals surface area contributed by atoms with Gasteiger partial charge < -0.3 is 15.8 Å². The molecule has 6 heteroatoms. The van der Waals surface area contributed by atoms with Gasteiger partial charge in [-0.2, -0.15) is 0 Å². The van der Waals surface area contributed by atoms with Crippen molar-refractivity contribution in [3.05, 3.63) is 29.6 Å². The minimum absolute atomic E-state index is 0.0729. The van der Waals surface area contributed by atoms with Crippen molar-refractivity contribution >= 4 is 5.84 Å². The zero-order chi connectivity index (χ0) is 14.5. The maximum absolute atomic E-state index is 8.82. The molecule has 1 fully saturated rings. The lowest BCUT2D eigenvalue weighted by molar-refractivity contribution is 0.140. The lowest BCUT2D eigenvalue weighted by Crippen LogP contribution is -2.41. The van der Waals surface area contributed by atoms with Crippen molar-refractivity contribution in [2.45, 2.75) is 25.4 Å². The number of piperidine rings is 1. The highest BCUT2D eigenvalue weighted by Crippen LogP contribution is 2.17. The van der Waals surface area contributed by atoms with E-state index in [4.69, 9.17) is 10.9 Å². The average Bonchev–Trinajstić information content (AvgIpc) is 2.47. The molecule has 0 atom stereocenters. The lowest BCUT2D eigenvalue weighted by atomic mass is 10.0. The second kappa shape index (κ2) is 6.67. The van der Waals surface area contributed by atoms with Crippen molar-refractivity contribution < 1.29 is 5.21 Å². The molecule has 0 spiro atoms. The van der Waals surface area contributed by atoms with Gasteiger partial charge in [0.15, 0.2) is 5.84 Å². The Morgan fingerprint density at radius 2 is 2.20 bits per heavy atom. The quantitative estimate of drug-likeness (QED) is 0.367. The molecule has 2 rings (SSSR count). The van der Waals surface area contributed by atoms with Crippen LogP contribution in [0, 0.1) is 0 Å². The van der Waals surface area contributed by atoms with Gasteiger partial charge in [-0.25, -0.2) is 0 Å². The molecule has 0 amide bonds. The molecule has 1 aliphatic rings. The highest BCUT2D eigenvalue weighted by Gasteiger charge is 2.21. The molecule has 0 radical (unpaired) electrons. The summed E-state index contributed by atoms with van der Waals surface area (Å²) in [5.74, 6) is 0.0729. The summed E-state index contributed by atoms with van der Waals surface area (Å²) in [6.45, 7) is 2.92. The molecule has 1 aromatic heterocycles. The van der Waals surface area contributed by atoms with Gasteiger partial charge in [-0.05, 0) is 51.7 Å². The van der Waals surface area contributed by atoms with Crippen LogP contribution in [0.5, 0.6) is 0 Å². The van der Waals surface area contributed by atoms with E-state index in [0.29, 0.717) is 11.7 Å². The monoisotopic (exact) mass is 277 g/mol. The zero-order valence-electron chi connectivity index (χ0n) is 12.2. The van der Waals surface area contributed by atoms with Gasteiger partial charge in [-0.3, -0.25) is 9.88 Å². The van der Waals surface area contributed by atoms with Crippen molar-refractivity contribution in [1.29, 1.82) is 0 Å². The molecule has 0 aliphatic carbocycles. The third kappa shape index (κ3) is 3.46. The number of aromatic nitrogens is 1. The van der Waals surface area contributed by atoms with Gasteiger partial charge in [0, 0.05) is 18.8 Å². The molecule has 1 aliphatic heterocycles. The minimum atomic E-state index is 0.0729. The number of amidine groups is 1. The molecule has 2 heterocycles. The Bertz CT molecular complexity index is 466. The van der Waals surface area contributed by atoms with Crippen LogP contribution < -0.4 is 5.73 Å². The van der Waals surface area contributed by atoms with Gasteiger partial charge in [0.2, 0.25) is 0 Å². The topological polar surface area (TPSA) is 78.0 Å². The van der Waals surface area contributed by atoms with E-state index in [0.717, 1.165) is 25.2 Å². The summed E-state index contributed by atoms with van der Waals surface area (Å²) in [5.41, 5.74) is 7.25. The van der Waals surface area contributed by atoms with Crippen molar-refractivity contribution in [3.8, 4) is 0 Å². The third-order valence-corrected chi connectivity index (χ3v) is 3.92. The average molecular weight is 277 g/mol. The van der Waals surface area contributed by atoms with Gasteiger partial charge in [0.1, 0.15) is 5.69 Å². The second-order valence-corrected chi connectivity index (χ2v) is 5.47. The zero-order valence-corrected chi connectivity index (χ0v) is 12.2. The van der Waals surface area contributed by atoms with E-state index in [-0.39, 0.29) is 5.84 Å². The molecule has 3 N–H and O–H groups in total. The molecule has 1 aromatic rings. The fourth-order valence-corrected chi connectivity index (χ4v) is 2.68. The van der Waals surface area contributed by atoms with Crippen molar-refractivity contribution in [1.82, 2.24) is 14.8 Å². The van der Waals surface area contributed by atoms with Crippen LogP contribution in [-0.4, -0.2) is 59.1 Å². The van der Waals surface area contributed by atoms with E-state index in [1.54, 1.807) is 6.20 Å². The maximum Gasteiger partial charge on any atom is 0.189 e. The van der Waals surface area contributed by atoms with E-state index >= 15 is 0 Å². The normalized spacial score (nSPS) is 18.6. The number of pyridine rings is 1. The lowest BCUT2D eigenvalue weighted by Gasteiger charge is -2.35. The van der Waals surface area contributed by atoms with Gasteiger partial charge in [0.25, 0.3) is 0 Å². The fraction of sp³-hybridized carbons (Fsp3) is 0.571. The third-order valence-electron chi connectivity index (χ3n) is 3.92. The molecule has 0 saturated carbocycles. The highest BCUT2D eigenvalue weighted by molar-refractivity contribution is 5.96. The summed E-state index contributed by atoms with van der Waals surface area (Å²) in [5, 5.41) is 11.9. The minimum Gasteiger partial charge on any atom is -0.409 e. The second-order valence-electron chi connectivity index (χ2n) is 5.47. The largest absolute Gasteiger partial charge is 0.409 e. The van der Waals surface area contributed by atoms with Gasteiger partial charge >= 0.3 is 0 Å².